The minimum absolute atomic E-state index is 0.0650. The molecule has 4 rings (SSSR count). The number of aromatic nitrogens is 6. The molecule has 0 fully saturated rings. The second-order valence-electron chi connectivity index (χ2n) is 5.00. The quantitative estimate of drug-likeness (QED) is 0.513. The number of pyridine rings is 1. The predicted molar refractivity (Wildman–Crippen MR) is 81.7 cm³/mol. The maximum Gasteiger partial charge on any atom is 0.285 e. The molecule has 0 spiro atoms. The van der Waals surface area contributed by atoms with Crippen LogP contribution in [0.4, 0.5) is 0 Å². The molecule has 8 nitrogen and oxygen atoms in total. The van der Waals surface area contributed by atoms with E-state index in [0.717, 1.165) is 0 Å². The van der Waals surface area contributed by atoms with E-state index in [-0.39, 0.29) is 16.9 Å². The van der Waals surface area contributed by atoms with Crippen LogP contribution >= 0.6 is 0 Å². The molecule has 3 aromatic heterocycles. The first kappa shape index (κ1) is 13.3. The molecule has 0 amide bonds. The normalized spacial score (nSPS) is 11.2. The molecule has 0 aliphatic heterocycles. The van der Waals surface area contributed by atoms with Gasteiger partial charge in [-0.25, -0.2) is 0 Å². The van der Waals surface area contributed by atoms with E-state index in [1.54, 1.807) is 36.5 Å². The first-order valence-electron chi connectivity index (χ1n) is 6.84. The van der Waals surface area contributed by atoms with Crippen molar-refractivity contribution < 1.29 is 4.79 Å². The Hall–Kier alpha value is -3.42. The van der Waals surface area contributed by atoms with Crippen LogP contribution in [0.2, 0.25) is 0 Å². The number of Topliss-reactive ketones (excluding diaryl/α,β-unsaturated/α-hetero) is 1. The Morgan fingerprint density at radius 1 is 1.17 bits per heavy atom. The minimum atomic E-state index is -0.340. The molecule has 1 aromatic carbocycles. The largest absolute Gasteiger partial charge is 0.295 e. The summed E-state index contributed by atoms with van der Waals surface area (Å²) in [4.78, 5) is 28.1. The summed E-state index contributed by atoms with van der Waals surface area (Å²) in [5.74, 6) is 0.262. The Morgan fingerprint density at radius 3 is 2.87 bits per heavy atom. The van der Waals surface area contributed by atoms with Crippen molar-refractivity contribution in [1.82, 2.24) is 29.4 Å². The van der Waals surface area contributed by atoms with Gasteiger partial charge in [0.15, 0.2) is 11.3 Å². The van der Waals surface area contributed by atoms with Gasteiger partial charge in [0.05, 0.1) is 0 Å². The van der Waals surface area contributed by atoms with Gasteiger partial charge < -0.3 is 0 Å². The average Bonchev–Trinajstić information content (AvgIpc) is 3.04. The number of carbonyl (C=O) groups is 1. The number of rotatable bonds is 2. The summed E-state index contributed by atoms with van der Waals surface area (Å²) in [5.41, 5.74) is 1.49. The van der Waals surface area contributed by atoms with Gasteiger partial charge in [-0.15, -0.1) is 10.2 Å². The van der Waals surface area contributed by atoms with E-state index in [9.17, 15) is 9.59 Å². The Kier molecular flexibility index (Phi) is 2.77. The molecule has 0 atom stereocenters. The summed E-state index contributed by atoms with van der Waals surface area (Å²) in [6.07, 6.45) is 2.97. The molecule has 0 saturated heterocycles. The smallest absolute Gasteiger partial charge is 0.285 e. The average molecular weight is 306 g/mol. The Labute approximate surface area is 129 Å². The molecular weight excluding hydrogens is 296 g/mol. The van der Waals surface area contributed by atoms with Crippen LogP contribution in [-0.2, 0) is 0 Å². The number of hydrogen-bond donors (Lipinski definition) is 0. The molecule has 112 valence electrons. The van der Waals surface area contributed by atoms with Crippen LogP contribution in [-0.4, -0.2) is 35.1 Å². The highest BCUT2D eigenvalue weighted by molar-refractivity contribution is 5.94. The Bertz CT molecular complexity index is 1130. The third-order valence-corrected chi connectivity index (χ3v) is 3.57. The van der Waals surface area contributed by atoms with Gasteiger partial charge in [0.25, 0.3) is 11.3 Å². The van der Waals surface area contributed by atoms with Crippen molar-refractivity contribution >= 4 is 22.6 Å². The molecule has 8 heteroatoms. The summed E-state index contributed by atoms with van der Waals surface area (Å²) in [6, 6.07) is 8.57. The monoisotopic (exact) mass is 306 g/mol. The Balaban J connectivity index is 2.00. The fraction of sp³-hybridized carbons (Fsp3) is 0.0667. The molecule has 0 saturated carbocycles. The second kappa shape index (κ2) is 4.80. The highest BCUT2D eigenvalue weighted by Crippen LogP contribution is 2.12. The van der Waals surface area contributed by atoms with Crippen LogP contribution in [0.5, 0.6) is 0 Å². The van der Waals surface area contributed by atoms with Crippen molar-refractivity contribution in [3.63, 3.8) is 0 Å². The summed E-state index contributed by atoms with van der Waals surface area (Å²) < 4.78 is 2.88. The zero-order chi connectivity index (χ0) is 16.0. The van der Waals surface area contributed by atoms with E-state index in [1.165, 1.54) is 22.3 Å². The molecular formula is C15H10N6O2. The molecule has 23 heavy (non-hydrogen) atoms. The number of fused-ring (bicyclic) bond motifs is 3. The lowest BCUT2D eigenvalue weighted by atomic mass is 10.1. The van der Waals surface area contributed by atoms with Gasteiger partial charge in [-0.05, 0) is 25.1 Å². The van der Waals surface area contributed by atoms with Gasteiger partial charge in [0.2, 0.25) is 0 Å². The van der Waals surface area contributed by atoms with Crippen molar-refractivity contribution in [2.24, 2.45) is 0 Å². The highest BCUT2D eigenvalue weighted by atomic mass is 16.1. The van der Waals surface area contributed by atoms with Crippen molar-refractivity contribution in [2.75, 3.05) is 0 Å². The number of nitrogens with zero attached hydrogens (tertiary/aromatic N) is 6. The third-order valence-electron chi connectivity index (χ3n) is 3.57. The first-order valence-corrected chi connectivity index (χ1v) is 6.84. The maximum absolute atomic E-state index is 12.7. The maximum atomic E-state index is 12.7. The number of hydrogen-bond acceptors (Lipinski definition) is 6. The van der Waals surface area contributed by atoms with E-state index >= 15 is 0 Å². The zero-order valence-electron chi connectivity index (χ0n) is 12.0. The number of carbonyl (C=O) groups excluding carboxylic acids is 1. The molecule has 0 unspecified atom stereocenters. The summed E-state index contributed by atoms with van der Waals surface area (Å²) in [7, 11) is 0. The predicted octanol–water partition coefficient (Wildman–Crippen LogP) is 1.03. The fourth-order valence-corrected chi connectivity index (χ4v) is 2.43. The van der Waals surface area contributed by atoms with E-state index in [0.29, 0.717) is 22.5 Å². The van der Waals surface area contributed by atoms with Crippen LogP contribution in [0.25, 0.3) is 22.5 Å². The van der Waals surface area contributed by atoms with Crippen LogP contribution in [0, 0.1) is 0 Å². The zero-order valence-corrected chi connectivity index (χ0v) is 12.0. The lowest BCUT2D eigenvalue weighted by Crippen LogP contribution is -2.20. The van der Waals surface area contributed by atoms with E-state index < -0.39 is 0 Å². The van der Waals surface area contributed by atoms with Gasteiger partial charge in [0.1, 0.15) is 11.8 Å². The summed E-state index contributed by atoms with van der Waals surface area (Å²) in [5, 5.41) is 11.9. The SMILES string of the molecule is CC(=O)c1cccc(-n2ccc3c(nnc4ncnn43)c2=O)c1. The summed E-state index contributed by atoms with van der Waals surface area (Å²) in [6.45, 7) is 1.48. The second-order valence-corrected chi connectivity index (χ2v) is 5.00. The first-order chi connectivity index (χ1) is 11.1. The molecule has 0 aliphatic rings. The minimum Gasteiger partial charge on any atom is -0.295 e. The number of benzene rings is 1. The van der Waals surface area contributed by atoms with Gasteiger partial charge in [-0.3, -0.25) is 14.2 Å². The van der Waals surface area contributed by atoms with Crippen molar-refractivity contribution in [3.8, 4) is 5.69 Å². The molecule has 0 radical (unpaired) electrons. The lowest BCUT2D eigenvalue weighted by Gasteiger charge is -2.08. The standard InChI is InChI=1S/C15H10N6O2/c1-9(22)10-3-2-4-11(7-10)20-6-5-12-13(14(20)23)18-19-15-16-8-17-21(12)15/h2-8H,1H3. The van der Waals surface area contributed by atoms with Crippen LogP contribution in [0.1, 0.15) is 17.3 Å². The van der Waals surface area contributed by atoms with Gasteiger partial charge >= 0.3 is 0 Å². The summed E-state index contributed by atoms with van der Waals surface area (Å²) >= 11 is 0. The third kappa shape index (κ3) is 2.00. The van der Waals surface area contributed by atoms with E-state index in [1.807, 2.05) is 0 Å². The van der Waals surface area contributed by atoms with Crippen LogP contribution < -0.4 is 5.56 Å². The van der Waals surface area contributed by atoms with E-state index in [2.05, 4.69) is 20.3 Å². The van der Waals surface area contributed by atoms with Gasteiger partial charge in [0, 0.05) is 17.4 Å². The van der Waals surface area contributed by atoms with Crippen molar-refractivity contribution in [2.45, 2.75) is 6.92 Å². The molecule has 0 bridgehead atoms. The van der Waals surface area contributed by atoms with Gasteiger partial charge in [-0.1, -0.05) is 12.1 Å². The topological polar surface area (TPSA) is 95.0 Å². The van der Waals surface area contributed by atoms with Crippen molar-refractivity contribution in [1.29, 1.82) is 0 Å². The lowest BCUT2D eigenvalue weighted by molar-refractivity contribution is 0.101. The fourth-order valence-electron chi connectivity index (χ4n) is 2.43. The van der Waals surface area contributed by atoms with Crippen molar-refractivity contribution in [3.05, 3.63) is 58.8 Å². The van der Waals surface area contributed by atoms with Crippen LogP contribution in [0.15, 0.2) is 47.7 Å². The highest BCUT2D eigenvalue weighted by Gasteiger charge is 2.11. The van der Waals surface area contributed by atoms with Gasteiger partial charge in [-0.2, -0.15) is 14.6 Å². The number of ketones is 1. The van der Waals surface area contributed by atoms with E-state index in [4.69, 9.17) is 0 Å². The van der Waals surface area contributed by atoms with Crippen LogP contribution in [0.3, 0.4) is 0 Å². The molecule has 0 N–H and O–H groups in total. The molecule has 3 heterocycles. The molecule has 4 aromatic rings. The molecule has 0 aliphatic carbocycles. The Morgan fingerprint density at radius 2 is 2.04 bits per heavy atom.